The Balaban J connectivity index is 1.73. The van der Waals surface area contributed by atoms with Crippen molar-refractivity contribution in [3.63, 3.8) is 0 Å². The molecule has 0 saturated carbocycles. The quantitative estimate of drug-likeness (QED) is 0.694. The van der Waals surface area contributed by atoms with Gasteiger partial charge in [0, 0.05) is 11.5 Å². The van der Waals surface area contributed by atoms with Crippen LogP contribution in [0.2, 0.25) is 0 Å². The Labute approximate surface area is 142 Å². The summed E-state index contributed by atoms with van der Waals surface area (Å²) in [4.78, 5) is 0. The molecule has 0 saturated heterocycles. The maximum Gasteiger partial charge on any atom is 0.304 e. The molecule has 0 unspecified atom stereocenters. The Morgan fingerprint density at radius 3 is 2.46 bits per heavy atom. The largest absolute Gasteiger partial charge is 0.361 e. The molecular weight excluding hydrogens is 298 g/mol. The Bertz CT molecular complexity index is 825. The first-order valence-electron chi connectivity index (χ1n) is 8.36. The first kappa shape index (κ1) is 15.1. The molecule has 0 spiro atoms. The number of nitrogens with zero attached hydrogens (tertiary/aromatic N) is 3. The third-order valence-electron chi connectivity index (χ3n) is 4.76. The second kappa shape index (κ2) is 5.87. The summed E-state index contributed by atoms with van der Waals surface area (Å²) in [5.74, 6) is 0.971. The van der Waals surface area contributed by atoms with Crippen molar-refractivity contribution in [3.8, 4) is 5.69 Å². The van der Waals surface area contributed by atoms with E-state index >= 15 is 0 Å². The number of ether oxygens (including phenoxy) is 1. The fraction of sp³-hybridized carbons (Fsp3) is 0.300. The van der Waals surface area contributed by atoms with Crippen LogP contribution in [0.1, 0.15) is 31.3 Å². The molecule has 4 heteroatoms. The molecule has 4 nitrogen and oxygen atoms in total. The van der Waals surface area contributed by atoms with E-state index in [2.05, 4.69) is 67.2 Å². The molecule has 0 bridgehead atoms. The van der Waals surface area contributed by atoms with Crippen LogP contribution in [-0.4, -0.2) is 15.4 Å². The van der Waals surface area contributed by atoms with Gasteiger partial charge in [-0.15, -0.1) is 0 Å². The Morgan fingerprint density at radius 1 is 1.08 bits per heavy atom. The summed E-state index contributed by atoms with van der Waals surface area (Å²) in [6.07, 6.45) is 3.02. The molecule has 1 aromatic heterocycles. The van der Waals surface area contributed by atoms with Crippen LogP contribution in [0.3, 0.4) is 0 Å². The number of hydrogen-bond acceptors (Lipinski definition) is 2. The molecule has 24 heavy (non-hydrogen) atoms. The van der Waals surface area contributed by atoms with E-state index in [1.165, 1.54) is 5.56 Å². The van der Waals surface area contributed by atoms with Crippen LogP contribution < -0.4 is 4.57 Å². The lowest BCUT2D eigenvalue weighted by Gasteiger charge is -2.36. The number of fused-ring (bicyclic) bond motifs is 1. The molecule has 4 rings (SSSR count). The predicted molar refractivity (Wildman–Crippen MR) is 91.8 cm³/mol. The van der Waals surface area contributed by atoms with Gasteiger partial charge in [-0.3, -0.25) is 0 Å². The van der Waals surface area contributed by atoms with Gasteiger partial charge in [0.05, 0.1) is 5.60 Å². The van der Waals surface area contributed by atoms with Gasteiger partial charge >= 0.3 is 5.82 Å². The minimum atomic E-state index is -0.238. The van der Waals surface area contributed by atoms with Crippen molar-refractivity contribution in [2.24, 2.45) is 0 Å². The van der Waals surface area contributed by atoms with Crippen LogP contribution >= 0.6 is 0 Å². The van der Waals surface area contributed by atoms with E-state index < -0.39 is 0 Å². The van der Waals surface area contributed by atoms with Crippen molar-refractivity contribution in [1.29, 1.82) is 0 Å². The summed E-state index contributed by atoms with van der Waals surface area (Å²) in [7, 11) is 0. The number of hydrogen-bond donors (Lipinski definition) is 0. The van der Waals surface area contributed by atoms with Gasteiger partial charge in [0.2, 0.25) is 6.33 Å². The van der Waals surface area contributed by atoms with Crippen LogP contribution in [-0.2, 0) is 17.8 Å². The summed E-state index contributed by atoms with van der Waals surface area (Å²) in [5.41, 5.74) is 2.14. The van der Waals surface area contributed by atoms with Crippen molar-refractivity contribution in [2.45, 2.75) is 38.5 Å². The van der Waals surface area contributed by atoms with E-state index in [0.717, 1.165) is 17.9 Å². The molecule has 0 fully saturated rings. The molecule has 0 aliphatic carbocycles. The van der Waals surface area contributed by atoms with Crippen LogP contribution in [0.5, 0.6) is 0 Å². The van der Waals surface area contributed by atoms with E-state index in [1.54, 1.807) is 0 Å². The molecule has 1 aliphatic heterocycles. The summed E-state index contributed by atoms with van der Waals surface area (Å²) in [6.45, 7) is 4.87. The highest BCUT2D eigenvalue weighted by Crippen LogP contribution is 2.30. The lowest BCUT2D eigenvalue weighted by molar-refractivity contribution is -0.757. The first-order valence-corrected chi connectivity index (χ1v) is 8.36. The Morgan fingerprint density at radius 2 is 1.75 bits per heavy atom. The third-order valence-corrected chi connectivity index (χ3v) is 4.76. The van der Waals surface area contributed by atoms with Gasteiger partial charge in [-0.05, 0) is 31.5 Å². The molecule has 1 aliphatic rings. The van der Waals surface area contributed by atoms with E-state index in [-0.39, 0.29) is 11.6 Å². The summed E-state index contributed by atoms with van der Waals surface area (Å²) >= 11 is 0. The molecule has 122 valence electrons. The fourth-order valence-corrected chi connectivity index (χ4v) is 3.32. The number of aromatic nitrogens is 3. The van der Waals surface area contributed by atoms with Crippen LogP contribution in [0.15, 0.2) is 67.0 Å². The molecule has 2 heterocycles. The number of para-hydroxylation sites is 1. The van der Waals surface area contributed by atoms with Crippen LogP contribution in [0, 0.1) is 0 Å². The normalized spacial score (nSPS) is 19.0. The lowest BCUT2D eigenvalue weighted by Crippen LogP contribution is -2.57. The zero-order chi connectivity index (χ0) is 16.6. The van der Waals surface area contributed by atoms with Gasteiger partial charge in [0.1, 0.15) is 18.3 Å². The highest BCUT2D eigenvalue weighted by Gasteiger charge is 2.42. The lowest BCUT2D eigenvalue weighted by atomic mass is 9.91. The molecule has 2 aromatic carbocycles. The van der Waals surface area contributed by atoms with E-state index in [4.69, 9.17) is 9.84 Å². The second-order valence-corrected chi connectivity index (χ2v) is 6.82. The third kappa shape index (κ3) is 2.74. The smallest absolute Gasteiger partial charge is 0.304 e. The molecule has 1 atom stereocenters. The summed E-state index contributed by atoms with van der Waals surface area (Å²) in [6, 6.07) is 21.0. The Kier molecular flexibility index (Phi) is 3.69. The average molecular weight is 320 g/mol. The van der Waals surface area contributed by atoms with Crippen molar-refractivity contribution < 1.29 is 9.30 Å². The monoisotopic (exact) mass is 320 g/mol. The molecule has 0 amide bonds. The SMILES string of the molecule is CC1(C)OCc2nn(-c3ccccc3)c[n+]2[C@H]1Cc1ccccc1. The maximum absolute atomic E-state index is 6.13. The molecular formula is C20H22N3O+. The van der Waals surface area contributed by atoms with Gasteiger partial charge < -0.3 is 4.74 Å². The zero-order valence-corrected chi connectivity index (χ0v) is 14.1. The highest BCUT2D eigenvalue weighted by molar-refractivity contribution is 5.29. The van der Waals surface area contributed by atoms with E-state index in [9.17, 15) is 0 Å². The van der Waals surface area contributed by atoms with E-state index in [1.807, 2.05) is 22.9 Å². The van der Waals surface area contributed by atoms with Gasteiger partial charge in [-0.2, -0.15) is 0 Å². The van der Waals surface area contributed by atoms with E-state index in [0.29, 0.717) is 6.61 Å². The number of benzene rings is 2. The highest BCUT2D eigenvalue weighted by atomic mass is 16.5. The Hall–Kier alpha value is -2.46. The average Bonchev–Trinajstić information content (AvgIpc) is 3.04. The van der Waals surface area contributed by atoms with Crippen molar-refractivity contribution in [3.05, 3.63) is 78.4 Å². The molecule has 3 aromatic rings. The zero-order valence-electron chi connectivity index (χ0n) is 14.1. The summed E-state index contributed by atoms with van der Waals surface area (Å²) < 4.78 is 10.4. The number of rotatable bonds is 3. The van der Waals surface area contributed by atoms with Crippen LogP contribution in [0.25, 0.3) is 5.69 Å². The minimum absolute atomic E-state index is 0.209. The van der Waals surface area contributed by atoms with Crippen molar-refractivity contribution in [2.75, 3.05) is 0 Å². The summed E-state index contributed by atoms with van der Waals surface area (Å²) in [5, 5.41) is 4.73. The van der Waals surface area contributed by atoms with Gasteiger partial charge in [-0.1, -0.05) is 53.2 Å². The molecule has 0 N–H and O–H groups in total. The predicted octanol–water partition coefficient (Wildman–Crippen LogP) is 3.25. The standard InChI is InChI=1S/C20H22N3O/c1-20(2)18(13-16-9-5-3-6-10-16)22-15-23(21-19(22)14-24-20)17-11-7-4-8-12-17/h3-12,15,18H,13-14H2,1-2H3/q+1/t18-/m0/s1. The van der Waals surface area contributed by atoms with Crippen LogP contribution in [0.4, 0.5) is 0 Å². The minimum Gasteiger partial charge on any atom is -0.361 e. The van der Waals surface area contributed by atoms with Gasteiger partial charge in [-0.25, -0.2) is 4.57 Å². The fourth-order valence-electron chi connectivity index (χ4n) is 3.32. The first-order chi connectivity index (χ1) is 11.6. The maximum atomic E-state index is 6.13. The van der Waals surface area contributed by atoms with Gasteiger partial charge in [0.15, 0.2) is 0 Å². The molecule has 0 radical (unpaired) electrons. The van der Waals surface area contributed by atoms with Crippen molar-refractivity contribution in [1.82, 2.24) is 9.78 Å². The van der Waals surface area contributed by atoms with Crippen molar-refractivity contribution >= 4 is 0 Å². The topological polar surface area (TPSA) is 30.9 Å². The van der Waals surface area contributed by atoms with Gasteiger partial charge in [0.25, 0.3) is 0 Å². The second-order valence-electron chi connectivity index (χ2n) is 6.82.